The Morgan fingerprint density at radius 1 is 1.47 bits per heavy atom. The Balaban J connectivity index is 1.91. The van der Waals surface area contributed by atoms with Crippen molar-refractivity contribution in [2.75, 3.05) is 13.1 Å². The zero-order valence-corrected chi connectivity index (χ0v) is 10.2. The lowest BCUT2D eigenvalue weighted by molar-refractivity contribution is -0.122. The summed E-state index contributed by atoms with van der Waals surface area (Å²) in [6.07, 6.45) is 1.24. The first-order valence-electron chi connectivity index (χ1n) is 6.25. The van der Waals surface area contributed by atoms with E-state index in [4.69, 9.17) is 5.73 Å². The Labute approximate surface area is 102 Å². The molecule has 1 aliphatic carbocycles. The maximum Gasteiger partial charge on any atom is 0.228 e. The summed E-state index contributed by atoms with van der Waals surface area (Å²) >= 11 is 0. The number of nitrogens with two attached hydrogens (primary N) is 1. The zero-order chi connectivity index (χ0) is 12.3. The molecule has 1 aromatic carbocycles. The van der Waals surface area contributed by atoms with Gasteiger partial charge >= 0.3 is 0 Å². The Morgan fingerprint density at radius 2 is 2.12 bits per heavy atom. The monoisotopic (exact) mass is 232 g/mol. The first kappa shape index (κ1) is 12.1. The number of carbonyl (C=O) groups is 1. The van der Waals surface area contributed by atoms with Crippen LogP contribution in [0.3, 0.4) is 0 Å². The molecule has 0 aliphatic heterocycles. The maximum atomic E-state index is 12.0. The summed E-state index contributed by atoms with van der Waals surface area (Å²) in [6.45, 7) is 3.37. The van der Waals surface area contributed by atoms with Crippen molar-refractivity contribution in [2.45, 2.75) is 19.3 Å². The number of carbonyl (C=O) groups excluding carboxylic acids is 1. The van der Waals surface area contributed by atoms with E-state index < -0.39 is 0 Å². The highest BCUT2D eigenvalue weighted by atomic mass is 16.1. The average molecular weight is 232 g/mol. The SMILES string of the molecule is CC1CC1CNC(=O)C(CN)c1ccccc1. The van der Waals surface area contributed by atoms with E-state index in [9.17, 15) is 4.79 Å². The number of amides is 1. The number of rotatable bonds is 5. The molecular formula is C14H20N2O. The summed E-state index contributed by atoms with van der Waals surface area (Å²) in [5.74, 6) is 1.28. The van der Waals surface area contributed by atoms with Crippen molar-refractivity contribution in [3.63, 3.8) is 0 Å². The van der Waals surface area contributed by atoms with E-state index in [2.05, 4.69) is 12.2 Å². The van der Waals surface area contributed by atoms with Crippen molar-refractivity contribution in [1.29, 1.82) is 0 Å². The van der Waals surface area contributed by atoms with Gasteiger partial charge in [0.05, 0.1) is 5.92 Å². The topological polar surface area (TPSA) is 55.1 Å². The van der Waals surface area contributed by atoms with Crippen LogP contribution in [-0.4, -0.2) is 19.0 Å². The summed E-state index contributed by atoms with van der Waals surface area (Å²) in [5, 5.41) is 3.01. The predicted octanol–water partition coefficient (Wildman–Crippen LogP) is 1.50. The molecule has 3 nitrogen and oxygen atoms in total. The lowest BCUT2D eigenvalue weighted by Gasteiger charge is -2.15. The summed E-state index contributed by atoms with van der Waals surface area (Å²) in [7, 11) is 0. The van der Waals surface area contributed by atoms with Gasteiger partial charge in [0.15, 0.2) is 0 Å². The molecule has 1 aliphatic rings. The molecule has 1 aromatic rings. The van der Waals surface area contributed by atoms with E-state index in [1.807, 2.05) is 30.3 Å². The molecular weight excluding hydrogens is 212 g/mol. The molecule has 92 valence electrons. The summed E-state index contributed by atoms with van der Waals surface area (Å²) in [5.41, 5.74) is 6.69. The van der Waals surface area contributed by atoms with Gasteiger partial charge in [-0.05, 0) is 23.8 Å². The van der Waals surface area contributed by atoms with Crippen LogP contribution in [0.5, 0.6) is 0 Å². The number of hydrogen-bond acceptors (Lipinski definition) is 2. The number of benzene rings is 1. The summed E-state index contributed by atoms with van der Waals surface area (Å²) in [4.78, 5) is 12.0. The van der Waals surface area contributed by atoms with Gasteiger partial charge in [-0.3, -0.25) is 4.79 Å². The standard InChI is InChI=1S/C14H20N2O/c1-10-7-12(10)9-16-14(17)13(8-15)11-5-3-2-4-6-11/h2-6,10,12-13H,7-9,15H2,1H3,(H,16,17). The molecule has 1 fully saturated rings. The fourth-order valence-electron chi connectivity index (χ4n) is 2.12. The van der Waals surface area contributed by atoms with E-state index >= 15 is 0 Å². The van der Waals surface area contributed by atoms with E-state index in [1.54, 1.807) is 0 Å². The molecule has 3 atom stereocenters. The quantitative estimate of drug-likeness (QED) is 0.808. The normalized spacial score (nSPS) is 24.1. The molecule has 17 heavy (non-hydrogen) atoms. The van der Waals surface area contributed by atoms with Gasteiger partial charge < -0.3 is 11.1 Å². The third kappa shape index (κ3) is 3.07. The van der Waals surface area contributed by atoms with Gasteiger partial charge in [0.1, 0.15) is 0 Å². The first-order chi connectivity index (χ1) is 8.22. The van der Waals surface area contributed by atoms with Crippen molar-refractivity contribution in [1.82, 2.24) is 5.32 Å². The van der Waals surface area contributed by atoms with Gasteiger partial charge in [-0.15, -0.1) is 0 Å². The minimum absolute atomic E-state index is 0.0535. The highest BCUT2D eigenvalue weighted by molar-refractivity contribution is 5.83. The Kier molecular flexibility index (Phi) is 3.79. The Bertz CT molecular complexity index is 377. The molecule has 3 N–H and O–H groups in total. The van der Waals surface area contributed by atoms with E-state index in [0.29, 0.717) is 12.5 Å². The number of nitrogens with one attached hydrogen (secondary N) is 1. The van der Waals surface area contributed by atoms with Crippen LogP contribution in [-0.2, 0) is 4.79 Å². The maximum absolute atomic E-state index is 12.0. The van der Waals surface area contributed by atoms with Crippen molar-refractivity contribution >= 4 is 5.91 Å². The van der Waals surface area contributed by atoms with Crippen molar-refractivity contribution in [3.8, 4) is 0 Å². The van der Waals surface area contributed by atoms with Gasteiger partial charge in [-0.25, -0.2) is 0 Å². The van der Waals surface area contributed by atoms with E-state index in [-0.39, 0.29) is 11.8 Å². The second kappa shape index (κ2) is 5.32. The van der Waals surface area contributed by atoms with Crippen molar-refractivity contribution < 1.29 is 4.79 Å². The van der Waals surface area contributed by atoms with Gasteiger partial charge in [-0.1, -0.05) is 37.3 Å². The van der Waals surface area contributed by atoms with E-state index in [1.165, 1.54) is 6.42 Å². The van der Waals surface area contributed by atoms with Crippen LogP contribution in [0.1, 0.15) is 24.8 Å². The van der Waals surface area contributed by atoms with Crippen LogP contribution in [0.15, 0.2) is 30.3 Å². The van der Waals surface area contributed by atoms with Crippen LogP contribution in [0, 0.1) is 11.8 Å². The van der Waals surface area contributed by atoms with E-state index in [0.717, 1.165) is 18.0 Å². The summed E-state index contributed by atoms with van der Waals surface area (Å²) < 4.78 is 0. The van der Waals surface area contributed by atoms with Gasteiger partial charge in [0.2, 0.25) is 5.91 Å². The minimum atomic E-state index is -0.217. The highest BCUT2D eigenvalue weighted by Crippen LogP contribution is 2.36. The molecule has 1 saturated carbocycles. The highest BCUT2D eigenvalue weighted by Gasteiger charge is 2.33. The molecule has 0 bridgehead atoms. The fraction of sp³-hybridized carbons (Fsp3) is 0.500. The zero-order valence-electron chi connectivity index (χ0n) is 10.2. The molecule has 0 spiro atoms. The molecule has 0 saturated heterocycles. The second-order valence-corrected chi connectivity index (χ2v) is 4.92. The van der Waals surface area contributed by atoms with Crippen LogP contribution in [0.4, 0.5) is 0 Å². The Morgan fingerprint density at radius 3 is 2.65 bits per heavy atom. The first-order valence-corrected chi connectivity index (χ1v) is 6.25. The fourth-order valence-corrected chi connectivity index (χ4v) is 2.12. The molecule has 0 aromatic heterocycles. The van der Waals surface area contributed by atoms with Crippen molar-refractivity contribution in [2.24, 2.45) is 17.6 Å². The molecule has 1 amide bonds. The smallest absolute Gasteiger partial charge is 0.228 e. The van der Waals surface area contributed by atoms with Crippen LogP contribution >= 0.6 is 0 Å². The lowest BCUT2D eigenvalue weighted by atomic mass is 9.98. The Hall–Kier alpha value is -1.35. The second-order valence-electron chi connectivity index (χ2n) is 4.92. The molecule has 3 unspecified atom stereocenters. The average Bonchev–Trinajstić information content (AvgIpc) is 3.05. The predicted molar refractivity (Wildman–Crippen MR) is 68.5 cm³/mol. The van der Waals surface area contributed by atoms with Gasteiger partial charge in [-0.2, -0.15) is 0 Å². The number of hydrogen-bond donors (Lipinski definition) is 2. The largest absolute Gasteiger partial charge is 0.355 e. The molecule has 0 heterocycles. The van der Waals surface area contributed by atoms with Crippen LogP contribution in [0.2, 0.25) is 0 Å². The van der Waals surface area contributed by atoms with Crippen molar-refractivity contribution in [3.05, 3.63) is 35.9 Å². The third-order valence-electron chi connectivity index (χ3n) is 3.57. The molecule has 3 heteroatoms. The summed E-state index contributed by atoms with van der Waals surface area (Å²) in [6, 6.07) is 9.73. The van der Waals surface area contributed by atoms with Gasteiger partial charge in [0.25, 0.3) is 0 Å². The van der Waals surface area contributed by atoms with Crippen LogP contribution < -0.4 is 11.1 Å². The lowest BCUT2D eigenvalue weighted by Crippen LogP contribution is -2.34. The van der Waals surface area contributed by atoms with Gasteiger partial charge in [0, 0.05) is 13.1 Å². The molecule has 2 rings (SSSR count). The third-order valence-corrected chi connectivity index (χ3v) is 3.57. The minimum Gasteiger partial charge on any atom is -0.355 e. The van der Waals surface area contributed by atoms with Crippen LogP contribution in [0.25, 0.3) is 0 Å². The molecule has 0 radical (unpaired) electrons.